The smallest absolute Gasteiger partial charge is 0.252 e. The molecule has 1 aliphatic carbocycles. The number of halogens is 2. The molecule has 1 amide bonds. The summed E-state index contributed by atoms with van der Waals surface area (Å²) in [4.78, 5) is 20.5. The highest BCUT2D eigenvalue weighted by Gasteiger charge is 2.24. The van der Waals surface area contributed by atoms with Gasteiger partial charge in [-0.05, 0) is 42.7 Å². The monoisotopic (exact) mass is 454 g/mol. The fraction of sp³-hybridized carbons (Fsp3) is 0.261. The maximum Gasteiger partial charge on any atom is 0.252 e. The minimum atomic E-state index is -0.790. The molecule has 166 valence electrons. The minimum absolute atomic E-state index is 0.0293. The first-order valence-corrected chi connectivity index (χ1v) is 10.8. The maximum absolute atomic E-state index is 14.7. The Bertz CT molecular complexity index is 1120. The molecule has 0 bridgehead atoms. The van der Waals surface area contributed by atoms with Crippen molar-refractivity contribution in [2.45, 2.75) is 37.8 Å². The van der Waals surface area contributed by atoms with Gasteiger partial charge >= 0.3 is 0 Å². The summed E-state index contributed by atoms with van der Waals surface area (Å²) < 4.78 is 14.7. The lowest BCUT2D eigenvalue weighted by molar-refractivity contribution is 0.100. The van der Waals surface area contributed by atoms with Crippen LogP contribution in [0.2, 0.25) is 5.02 Å². The molecule has 4 rings (SSSR count). The summed E-state index contributed by atoms with van der Waals surface area (Å²) in [5.74, 6) is -1.28. The van der Waals surface area contributed by atoms with E-state index in [1.807, 2.05) is 18.2 Å². The van der Waals surface area contributed by atoms with Crippen molar-refractivity contribution in [2.24, 2.45) is 11.5 Å². The maximum atomic E-state index is 14.7. The molecule has 0 aliphatic heterocycles. The number of nitrogens with two attached hydrogens (primary N) is 2. The lowest BCUT2D eigenvalue weighted by atomic mass is 9.91. The molecule has 0 spiro atoms. The number of anilines is 3. The molecule has 1 aromatic carbocycles. The third-order valence-corrected chi connectivity index (χ3v) is 5.81. The largest absolute Gasteiger partial charge is 0.365 e. The van der Waals surface area contributed by atoms with Crippen molar-refractivity contribution in [3.63, 3.8) is 0 Å². The van der Waals surface area contributed by atoms with Crippen LogP contribution in [-0.2, 0) is 0 Å². The van der Waals surface area contributed by atoms with Gasteiger partial charge in [-0.3, -0.25) is 9.78 Å². The summed E-state index contributed by atoms with van der Waals surface area (Å²) in [5, 5.41) is 6.79. The van der Waals surface area contributed by atoms with Gasteiger partial charge in [-0.1, -0.05) is 36.6 Å². The van der Waals surface area contributed by atoms with Crippen molar-refractivity contribution < 1.29 is 9.18 Å². The van der Waals surface area contributed by atoms with E-state index < -0.39 is 11.7 Å². The van der Waals surface area contributed by atoms with Crippen LogP contribution in [0.1, 0.15) is 36.0 Å². The van der Waals surface area contributed by atoms with E-state index in [9.17, 15) is 9.18 Å². The second kappa shape index (κ2) is 9.50. The first kappa shape index (κ1) is 22.0. The van der Waals surface area contributed by atoms with E-state index in [-0.39, 0.29) is 29.3 Å². The molecule has 1 aliphatic rings. The Morgan fingerprint density at radius 1 is 1.06 bits per heavy atom. The predicted octanol–water partition coefficient (Wildman–Crippen LogP) is 4.46. The van der Waals surface area contributed by atoms with Gasteiger partial charge in [-0.2, -0.15) is 0 Å². The molecular weight excluding hydrogens is 431 g/mol. The Morgan fingerprint density at radius 3 is 2.53 bits per heavy atom. The van der Waals surface area contributed by atoms with Crippen LogP contribution in [0, 0.1) is 5.82 Å². The van der Waals surface area contributed by atoms with Gasteiger partial charge in [0.25, 0.3) is 5.91 Å². The van der Waals surface area contributed by atoms with E-state index in [1.54, 1.807) is 24.5 Å². The predicted molar refractivity (Wildman–Crippen MR) is 125 cm³/mol. The number of nitrogens with one attached hydrogen (secondary N) is 2. The molecule has 0 radical (unpaired) electrons. The average Bonchev–Trinajstić information content (AvgIpc) is 2.78. The molecule has 2 unspecified atom stereocenters. The fourth-order valence-electron chi connectivity index (χ4n) is 3.83. The summed E-state index contributed by atoms with van der Waals surface area (Å²) in [5.41, 5.74) is 13.9. The summed E-state index contributed by atoms with van der Waals surface area (Å²) in [6.45, 7) is 0. The molecule has 7 nitrogen and oxygen atoms in total. The normalized spacial score (nSPS) is 18.2. The Kier molecular flexibility index (Phi) is 6.53. The molecular formula is C23H24ClFN6O. The van der Waals surface area contributed by atoms with Crippen LogP contribution in [0.25, 0.3) is 11.1 Å². The van der Waals surface area contributed by atoms with Crippen LogP contribution < -0.4 is 22.1 Å². The van der Waals surface area contributed by atoms with Crippen molar-refractivity contribution in [1.29, 1.82) is 0 Å². The summed E-state index contributed by atoms with van der Waals surface area (Å²) in [6, 6.07) is 10.1. The molecule has 9 heteroatoms. The van der Waals surface area contributed by atoms with E-state index in [4.69, 9.17) is 23.1 Å². The average molecular weight is 455 g/mol. The van der Waals surface area contributed by atoms with Gasteiger partial charge in [-0.25, -0.2) is 9.37 Å². The Hall–Kier alpha value is -3.23. The lowest BCUT2D eigenvalue weighted by Crippen LogP contribution is -2.43. The number of carbonyl (C=O) groups excluding carboxylic acids is 1. The third kappa shape index (κ3) is 4.98. The molecule has 2 aromatic heterocycles. The van der Waals surface area contributed by atoms with Crippen LogP contribution in [0.15, 0.2) is 48.8 Å². The van der Waals surface area contributed by atoms with Crippen molar-refractivity contribution in [2.75, 3.05) is 10.6 Å². The Morgan fingerprint density at radius 2 is 1.81 bits per heavy atom. The number of primary amides is 1. The highest BCUT2D eigenvalue weighted by Crippen LogP contribution is 2.28. The first-order chi connectivity index (χ1) is 15.4. The van der Waals surface area contributed by atoms with Crippen molar-refractivity contribution >= 4 is 34.8 Å². The second-order valence-corrected chi connectivity index (χ2v) is 8.31. The SMILES string of the molecule is NC(=O)c1cc(F)c(NC2CCCCC2N)nc1Nc1cncc(-c2ccc(Cl)cc2)c1. The zero-order valence-electron chi connectivity index (χ0n) is 17.3. The molecule has 3 aromatic rings. The number of rotatable bonds is 6. The molecule has 2 atom stereocenters. The third-order valence-electron chi connectivity index (χ3n) is 5.56. The summed E-state index contributed by atoms with van der Waals surface area (Å²) >= 11 is 5.97. The number of nitrogens with zero attached hydrogens (tertiary/aromatic N) is 2. The lowest BCUT2D eigenvalue weighted by Gasteiger charge is -2.30. The zero-order valence-corrected chi connectivity index (χ0v) is 18.1. The van der Waals surface area contributed by atoms with Crippen molar-refractivity contribution in [1.82, 2.24) is 9.97 Å². The number of carbonyl (C=O) groups is 1. The molecule has 1 fully saturated rings. The van der Waals surface area contributed by atoms with Crippen LogP contribution in [0.5, 0.6) is 0 Å². The topological polar surface area (TPSA) is 119 Å². The number of hydrogen-bond acceptors (Lipinski definition) is 6. The van der Waals surface area contributed by atoms with E-state index >= 15 is 0 Å². The quantitative estimate of drug-likeness (QED) is 0.436. The highest BCUT2D eigenvalue weighted by molar-refractivity contribution is 6.30. The minimum Gasteiger partial charge on any atom is -0.365 e. The summed E-state index contributed by atoms with van der Waals surface area (Å²) in [7, 11) is 0. The zero-order chi connectivity index (χ0) is 22.7. The van der Waals surface area contributed by atoms with Crippen molar-refractivity contribution in [3.05, 3.63) is 65.2 Å². The van der Waals surface area contributed by atoms with Gasteiger partial charge in [0.15, 0.2) is 11.6 Å². The molecule has 32 heavy (non-hydrogen) atoms. The van der Waals surface area contributed by atoms with Gasteiger partial charge in [0, 0.05) is 28.9 Å². The molecule has 2 heterocycles. The van der Waals surface area contributed by atoms with E-state index in [1.165, 1.54) is 0 Å². The van der Waals surface area contributed by atoms with Crippen molar-refractivity contribution in [3.8, 4) is 11.1 Å². The van der Waals surface area contributed by atoms with Crippen LogP contribution >= 0.6 is 11.6 Å². The molecule has 0 saturated heterocycles. The number of benzene rings is 1. The van der Waals surface area contributed by atoms with E-state index in [2.05, 4.69) is 20.6 Å². The van der Waals surface area contributed by atoms with Crippen LogP contribution in [0.3, 0.4) is 0 Å². The van der Waals surface area contributed by atoms with E-state index in [0.29, 0.717) is 10.7 Å². The number of hydrogen-bond donors (Lipinski definition) is 4. The van der Waals surface area contributed by atoms with Crippen LogP contribution in [0.4, 0.5) is 21.7 Å². The number of pyridine rings is 2. The van der Waals surface area contributed by atoms with Gasteiger partial charge < -0.3 is 22.1 Å². The molecule has 1 saturated carbocycles. The van der Waals surface area contributed by atoms with Gasteiger partial charge in [0.2, 0.25) is 0 Å². The Balaban J connectivity index is 1.64. The molecule has 6 N–H and O–H groups in total. The van der Waals surface area contributed by atoms with Gasteiger partial charge in [-0.15, -0.1) is 0 Å². The van der Waals surface area contributed by atoms with E-state index in [0.717, 1.165) is 42.9 Å². The number of amides is 1. The first-order valence-electron chi connectivity index (χ1n) is 10.4. The van der Waals surface area contributed by atoms with Gasteiger partial charge in [0.1, 0.15) is 5.82 Å². The standard InChI is InChI=1S/C23H24ClFN6O/c24-15-7-5-13(6-8-15)14-9-16(12-28-11-14)29-22-17(21(27)32)10-18(25)23(31-22)30-20-4-2-1-3-19(20)26/h5-12,19-20H,1-4,26H2,(H2,27,32)(H2,29,30,31). The van der Waals surface area contributed by atoms with Crippen LogP contribution in [-0.4, -0.2) is 28.0 Å². The summed E-state index contributed by atoms with van der Waals surface area (Å²) in [6.07, 6.45) is 7.06. The second-order valence-electron chi connectivity index (χ2n) is 7.87. The highest BCUT2D eigenvalue weighted by atomic mass is 35.5. The number of aromatic nitrogens is 2. The fourth-order valence-corrected chi connectivity index (χ4v) is 3.96. The van der Waals surface area contributed by atoms with Gasteiger partial charge in [0.05, 0.1) is 17.4 Å². The Labute approximate surface area is 190 Å².